The summed E-state index contributed by atoms with van der Waals surface area (Å²) in [5.74, 6) is 0. The van der Waals surface area contributed by atoms with Crippen LogP contribution in [-0.2, 0) is 6.42 Å². The van der Waals surface area contributed by atoms with Crippen molar-refractivity contribution in [2.75, 3.05) is 0 Å². The van der Waals surface area contributed by atoms with Gasteiger partial charge >= 0.3 is 5.38 Å². The number of rotatable bonds is 2. The first-order valence-corrected chi connectivity index (χ1v) is 4.52. The van der Waals surface area contributed by atoms with Crippen molar-refractivity contribution in [1.29, 1.82) is 0 Å². The fourth-order valence-electron chi connectivity index (χ4n) is 0.881. The minimum atomic E-state index is -3.27. The van der Waals surface area contributed by atoms with Crippen LogP contribution in [0.4, 0.5) is 8.78 Å². The SMILES string of the molecule is FC(F)(Cl)Cc1ccc(Cl)cc1Cl. The summed E-state index contributed by atoms with van der Waals surface area (Å²) in [7, 11) is 0. The van der Waals surface area contributed by atoms with E-state index < -0.39 is 11.8 Å². The van der Waals surface area contributed by atoms with Gasteiger partial charge in [-0.15, -0.1) is 0 Å². The second kappa shape index (κ2) is 3.99. The quantitative estimate of drug-likeness (QED) is 0.679. The summed E-state index contributed by atoms with van der Waals surface area (Å²) in [6, 6.07) is 4.33. The molecule has 0 radical (unpaired) electrons. The third-order valence-electron chi connectivity index (χ3n) is 1.41. The predicted octanol–water partition coefficient (Wildman–Crippen LogP) is 4.37. The highest BCUT2D eigenvalue weighted by Crippen LogP contribution is 2.29. The van der Waals surface area contributed by atoms with Crippen LogP contribution in [0.2, 0.25) is 10.0 Å². The number of hydrogen-bond donors (Lipinski definition) is 0. The van der Waals surface area contributed by atoms with Crippen molar-refractivity contribution in [2.45, 2.75) is 11.8 Å². The fourth-order valence-corrected chi connectivity index (χ4v) is 1.50. The van der Waals surface area contributed by atoms with E-state index in [1.807, 2.05) is 0 Å². The monoisotopic (exact) mass is 244 g/mol. The Bertz CT molecular complexity index is 307. The van der Waals surface area contributed by atoms with Crippen molar-refractivity contribution >= 4 is 34.8 Å². The molecule has 0 amide bonds. The lowest BCUT2D eigenvalue weighted by Gasteiger charge is -2.09. The van der Waals surface area contributed by atoms with E-state index >= 15 is 0 Å². The Morgan fingerprint density at radius 2 is 1.85 bits per heavy atom. The first-order valence-electron chi connectivity index (χ1n) is 3.39. The van der Waals surface area contributed by atoms with Gasteiger partial charge in [0.05, 0.1) is 6.42 Å². The molecule has 13 heavy (non-hydrogen) atoms. The number of hydrogen-bond acceptors (Lipinski definition) is 0. The van der Waals surface area contributed by atoms with Crippen LogP contribution in [0.5, 0.6) is 0 Å². The Kier molecular flexibility index (Phi) is 3.38. The van der Waals surface area contributed by atoms with Crippen LogP contribution in [-0.4, -0.2) is 5.38 Å². The van der Waals surface area contributed by atoms with Gasteiger partial charge in [-0.3, -0.25) is 0 Å². The average molecular weight is 245 g/mol. The normalized spacial score (nSPS) is 11.8. The van der Waals surface area contributed by atoms with E-state index in [2.05, 4.69) is 0 Å². The van der Waals surface area contributed by atoms with Gasteiger partial charge in [0, 0.05) is 10.0 Å². The van der Waals surface area contributed by atoms with E-state index in [1.54, 1.807) is 0 Å². The van der Waals surface area contributed by atoms with Gasteiger partial charge in [0.1, 0.15) is 0 Å². The van der Waals surface area contributed by atoms with E-state index in [-0.39, 0.29) is 10.6 Å². The summed E-state index contributed by atoms with van der Waals surface area (Å²) < 4.78 is 24.7. The minimum absolute atomic E-state index is 0.202. The van der Waals surface area contributed by atoms with Gasteiger partial charge in [0.15, 0.2) is 0 Å². The zero-order valence-electron chi connectivity index (χ0n) is 6.33. The van der Waals surface area contributed by atoms with Crippen molar-refractivity contribution in [1.82, 2.24) is 0 Å². The third kappa shape index (κ3) is 3.67. The molecule has 0 aliphatic heterocycles. The molecule has 72 valence electrons. The van der Waals surface area contributed by atoms with E-state index in [0.717, 1.165) is 0 Å². The second-order valence-electron chi connectivity index (χ2n) is 2.53. The largest absolute Gasteiger partial charge is 0.325 e. The van der Waals surface area contributed by atoms with Crippen molar-refractivity contribution in [3.05, 3.63) is 33.8 Å². The molecule has 1 aromatic carbocycles. The van der Waals surface area contributed by atoms with Crippen LogP contribution < -0.4 is 0 Å². The molecule has 0 saturated carbocycles. The fraction of sp³-hybridized carbons (Fsp3) is 0.250. The lowest BCUT2D eigenvalue weighted by Crippen LogP contribution is -2.10. The number of halogens is 5. The molecule has 0 N–H and O–H groups in total. The standard InChI is InChI=1S/C8H5Cl3F2/c9-6-2-1-5(7(10)3-6)4-8(11,12)13/h1-3H,4H2. The molecule has 0 atom stereocenters. The van der Waals surface area contributed by atoms with E-state index in [4.69, 9.17) is 34.8 Å². The lowest BCUT2D eigenvalue weighted by molar-refractivity contribution is 0.0970. The van der Waals surface area contributed by atoms with Crippen LogP contribution in [0, 0.1) is 0 Å². The predicted molar refractivity (Wildman–Crippen MR) is 51.0 cm³/mol. The molecule has 5 heteroatoms. The Labute approximate surface area is 89.4 Å². The highest BCUT2D eigenvalue weighted by Gasteiger charge is 2.26. The lowest BCUT2D eigenvalue weighted by atomic mass is 10.1. The highest BCUT2D eigenvalue weighted by atomic mass is 35.5. The smallest absolute Gasteiger partial charge is 0.188 e. The molecule has 0 saturated heterocycles. The Morgan fingerprint density at radius 1 is 1.23 bits per heavy atom. The van der Waals surface area contributed by atoms with E-state index in [9.17, 15) is 8.78 Å². The van der Waals surface area contributed by atoms with Crippen LogP contribution in [0.3, 0.4) is 0 Å². The molecule has 0 aliphatic carbocycles. The first kappa shape index (κ1) is 11.0. The average Bonchev–Trinajstić information content (AvgIpc) is 1.93. The van der Waals surface area contributed by atoms with E-state index in [0.29, 0.717) is 5.02 Å². The van der Waals surface area contributed by atoms with Crippen LogP contribution in [0.25, 0.3) is 0 Å². The molecule has 1 rings (SSSR count). The highest BCUT2D eigenvalue weighted by molar-refractivity contribution is 6.35. The number of benzene rings is 1. The first-order chi connectivity index (χ1) is 5.88. The summed E-state index contributed by atoms with van der Waals surface area (Å²) in [5, 5.41) is -2.66. The Hall–Kier alpha value is -0.0500. The van der Waals surface area contributed by atoms with Crippen LogP contribution in [0.15, 0.2) is 18.2 Å². The zero-order valence-corrected chi connectivity index (χ0v) is 8.60. The van der Waals surface area contributed by atoms with Gasteiger partial charge in [0.25, 0.3) is 0 Å². The van der Waals surface area contributed by atoms with Crippen molar-refractivity contribution < 1.29 is 8.78 Å². The van der Waals surface area contributed by atoms with Crippen LogP contribution >= 0.6 is 34.8 Å². The Morgan fingerprint density at radius 3 is 2.31 bits per heavy atom. The van der Waals surface area contributed by atoms with Gasteiger partial charge in [-0.2, -0.15) is 8.78 Å². The molecule has 1 aromatic rings. The molecular weight excluding hydrogens is 240 g/mol. The van der Waals surface area contributed by atoms with Gasteiger partial charge in [-0.05, 0) is 29.3 Å². The van der Waals surface area contributed by atoms with Gasteiger partial charge in [0.2, 0.25) is 0 Å². The van der Waals surface area contributed by atoms with Crippen molar-refractivity contribution in [2.24, 2.45) is 0 Å². The molecule has 0 aliphatic rings. The summed E-state index contributed by atoms with van der Waals surface area (Å²) in [5.41, 5.74) is 0.283. The maximum absolute atomic E-state index is 12.4. The molecule has 0 fully saturated rings. The minimum Gasteiger partial charge on any atom is -0.188 e. The molecule has 0 spiro atoms. The third-order valence-corrected chi connectivity index (χ3v) is 2.13. The Balaban J connectivity index is 2.90. The molecule has 0 heterocycles. The number of alkyl halides is 3. The van der Waals surface area contributed by atoms with Crippen molar-refractivity contribution in [3.63, 3.8) is 0 Å². The molecule has 0 nitrogen and oxygen atoms in total. The molecule has 0 bridgehead atoms. The topological polar surface area (TPSA) is 0 Å². The van der Waals surface area contributed by atoms with Gasteiger partial charge in [-0.1, -0.05) is 29.3 Å². The van der Waals surface area contributed by atoms with Gasteiger partial charge in [-0.25, -0.2) is 0 Å². The molecule has 0 unspecified atom stereocenters. The maximum Gasteiger partial charge on any atom is 0.325 e. The van der Waals surface area contributed by atoms with Crippen molar-refractivity contribution in [3.8, 4) is 0 Å². The summed E-state index contributed by atoms with van der Waals surface area (Å²) in [4.78, 5) is 0. The zero-order chi connectivity index (χ0) is 10.1. The van der Waals surface area contributed by atoms with Crippen LogP contribution in [0.1, 0.15) is 5.56 Å². The van der Waals surface area contributed by atoms with E-state index in [1.165, 1.54) is 18.2 Å². The summed E-state index contributed by atoms with van der Waals surface area (Å²) >= 11 is 16.0. The van der Waals surface area contributed by atoms with Gasteiger partial charge < -0.3 is 0 Å². The molecule has 0 aromatic heterocycles. The maximum atomic E-state index is 12.4. The summed E-state index contributed by atoms with van der Waals surface area (Å²) in [6.45, 7) is 0. The second-order valence-corrected chi connectivity index (χ2v) is 3.92. The molecular formula is C8H5Cl3F2. The summed E-state index contributed by atoms with van der Waals surface area (Å²) in [6.07, 6.45) is -0.593.